The summed E-state index contributed by atoms with van der Waals surface area (Å²) in [5.74, 6) is -0.193. The second-order valence-corrected chi connectivity index (χ2v) is 29.0. The van der Waals surface area contributed by atoms with E-state index < -0.39 is 33.3 Å². The van der Waals surface area contributed by atoms with Gasteiger partial charge >= 0.3 is 0 Å². The number of carbonyl (C=O) groups excluding carboxylic acids is 1. The molecule has 0 bridgehead atoms. The molecule has 0 N–H and O–H groups in total. The molecule has 0 spiro atoms. The van der Waals surface area contributed by atoms with Gasteiger partial charge in [0, 0.05) is 0 Å². The van der Waals surface area contributed by atoms with E-state index in [1.54, 1.807) is 0 Å². The van der Waals surface area contributed by atoms with E-state index in [2.05, 4.69) is 58.9 Å². The van der Waals surface area contributed by atoms with E-state index in [0.717, 1.165) is 0 Å². The van der Waals surface area contributed by atoms with Crippen molar-refractivity contribution < 1.29 is 22.5 Å². The van der Waals surface area contributed by atoms with Crippen LogP contribution < -0.4 is 0 Å². The van der Waals surface area contributed by atoms with Gasteiger partial charge in [0.05, 0.1) is 24.7 Å². The van der Waals surface area contributed by atoms with Crippen LogP contribution in [-0.2, 0) is 22.5 Å². The minimum absolute atomic E-state index is 0.135. The predicted molar refractivity (Wildman–Crippen MR) is 124 cm³/mol. The van der Waals surface area contributed by atoms with Gasteiger partial charge in [-0.3, -0.25) is 4.79 Å². The van der Waals surface area contributed by atoms with E-state index >= 15 is 0 Å². The number of rotatable bonds is 11. The molecule has 0 heterocycles. The van der Waals surface area contributed by atoms with Gasteiger partial charge in [-0.05, 0) is 85.5 Å². The van der Waals surface area contributed by atoms with Gasteiger partial charge in [-0.2, -0.15) is 0 Å². The average molecular weight is 453 g/mol. The van der Waals surface area contributed by atoms with Crippen molar-refractivity contribution in [2.75, 3.05) is 0 Å². The second kappa shape index (κ2) is 9.81. The SMILES string of the molecule is CC(O[Si](C)(C)C)[C@@H](O[Si](C)(C)C)[C@H](CC(=O)O[Si](C)(C)C)O[Si](C)(C)C. The van der Waals surface area contributed by atoms with Crippen LogP contribution >= 0.6 is 0 Å². The van der Waals surface area contributed by atoms with E-state index in [4.69, 9.17) is 17.7 Å². The van der Waals surface area contributed by atoms with Gasteiger partial charge in [0.15, 0.2) is 25.0 Å². The van der Waals surface area contributed by atoms with Crippen LogP contribution in [0.2, 0.25) is 78.6 Å². The molecule has 0 aliphatic rings. The van der Waals surface area contributed by atoms with Gasteiger partial charge in [0.2, 0.25) is 8.32 Å². The Balaban J connectivity index is 5.70. The maximum Gasteiger partial charge on any atom is 0.295 e. The fourth-order valence-electron chi connectivity index (χ4n) is 2.73. The highest BCUT2D eigenvalue weighted by Crippen LogP contribution is 2.25. The summed E-state index contributed by atoms with van der Waals surface area (Å²) >= 11 is 0. The van der Waals surface area contributed by atoms with E-state index in [0.29, 0.717) is 0 Å². The van der Waals surface area contributed by atoms with Crippen LogP contribution in [0.5, 0.6) is 0 Å². The first-order valence-corrected chi connectivity index (χ1v) is 23.6. The van der Waals surface area contributed by atoms with Crippen molar-refractivity contribution in [2.24, 2.45) is 0 Å². The lowest BCUT2D eigenvalue weighted by Crippen LogP contribution is -2.52. The molecule has 0 saturated heterocycles. The Labute approximate surface area is 172 Å². The molecule has 0 amide bonds. The fraction of sp³-hybridized carbons (Fsp3) is 0.944. The summed E-state index contributed by atoms with van der Waals surface area (Å²) < 4.78 is 25.0. The Morgan fingerprint density at radius 3 is 1.41 bits per heavy atom. The maximum absolute atomic E-state index is 12.6. The molecule has 0 saturated carbocycles. The largest absolute Gasteiger partial charge is 0.520 e. The lowest BCUT2D eigenvalue weighted by atomic mass is 10.1. The van der Waals surface area contributed by atoms with Crippen molar-refractivity contribution >= 4 is 39.2 Å². The van der Waals surface area contributed by atoms with Crippen molar-refractivity contribution in [2.45, 2.75) is 110 Å². The Hall–Kier alpha value is 0.218. The molecule has 0 aromatic rings. The van der Waals surface area contributed by atoms with Crippen LogP contribution in [0.1, 0.15) is 13.3 Å². The lowest BCUT2D eigenvalue weighted by Gasteiger charge is -2.40. The van der Waals surface area contributed by atoms with E-state index in [1.807, 2.05) is 26.6 Å². The molecule has 9 heteroatoms. The Morgan fingerprint density at radius 1 is 0.667 bits per heavy atom. The van der Waals surface area contributed by atoms with Crippen LogP contribution in [0.3, 0.4) is 0 Å². The second-order valence-electron chi connectivity index (χ2n) is 11.2. The molecule has 5 nitrogen and oxygen atoms in total. The molecule has 1 unspecified atom stereocenters. The van der Waals surface area contributed by atoms with Gasteiger partial charge < -0.3 is 17.7 Å². The smallest absolute Gasteiger partial charge is 0.295 e. The summed E-state index contributed by atoms with van der Waals surface area (Å²) in [5, 5.41) is 0. The summed E-state index contributed by atoms with van der Waals surface area (Å²) in [6.45, 7) is 27.5. The lowest BCUT2D eigenvalue weighted by molar-refractivity contribution is -0.139. The van der Waals surface area contributed by atoms with Crippen LogP contribution in [0.25, 0.3) is 0 Å². The highest BCUT2D eigenvalue weighted by molar-refractivity contribution is 6.71. The number of hydrogen-bond acceptors (Lipinski definition) is 5. The normalized spacial score (nSPS) is 17.4. The maximum atomic E-state index is 12.6. The molecule has 27 heavy (non-hydrogen) atoms. The highest BCUT2D eigenvalue weighted by atomic mass is 28.4. The topological polar surface area (TPSA) is 54.0 Å². The summed E-state index contributed by atoms with van der Waals surface area (Å²) in [4.78, 5) is 12.6. The molecule has 0 radical (unpaired) electrons. The van der Waals surface area contributed by atoms with Crippen molar-refractivity contribution in [3.63, 3.8) is 0 Å². The Kier molecular flexibility index (Phi) is 9.89. The molecule has 0 fully saturated rings. The average Bonchev–Trinajstić information content (AvgIpc) is 2.27. The van der Waals surface area contributed by atoms with E-state index in [1.165, 1.54) is 0 Å². The molecular weight excluding hydrogens is 409 g/mol. The first-order valence-electron chi connectivity index (χ1n) is 9.94. The Morgan fingerprint density at radius 2 is 1.07 bits per heavy atom. The predicted octanol–water partition coefficient (Wildman–Crippen LogP) is 5.43. The van der Waals surface area contributed by atoms with Crippen molar-refractivity contribution in [1.82, 2.24) is 0 Å². The summed E-state index contributed by atoms with van der Waals surface area (Å²) in [6, 6.07) is 0. The van der Waals surface area contributed by atoms with Crippen LogP contribution in [0.4, 0.5) is 0 Å². The van der Waals surface area contributed by atoms with Crippen LogP contribution in [-0.4, -0.2) is 57.6 Å². The highest BCUT2D eigenvalue weighted by Gasteiger charge is 2.39. The minimum atomic E-state index is -1.94. The molecule has 3 atom stereocenters. The summed E-state index contributed by atoms with van der Waals surface area (Å²) in [5.41, 5.74) is 0. The van der Waals surface area contributed by atoms with Gasteiger partial charge in [-0.25, -0.2) is 0 Å². The van der Waals surface area contributed by atoms with Gasteiger partial charge in [-0.1, -0.05) is 0 Å². The van der Waals surface area contributed by atoms with E-state index in [9.17, 15) is 4.79 Å². The minimum Gasteiger partial charge on any atom is -0.520 e. The third kappa shape index (κ3) is 14.8. The van der Waals surface area contributed by atoms with Crippen LogP contribution in [0.15, 0.2) is 0 Å². The quantitative estimate of drug-likeness (QED) is 0.391. The van der Waals surface area contributed by atoms with E-state index in [-0.39, 0.29) is 30.7 Å². The van der Waals surface area contributed by atoms with Crippen molar-refractivity contribution in [3.8, 4) is 0 Å². The molecule has 0 aliphatic carbocycles. The number of hydrogen-bond donors (Lipinski definition) is 0. The third-order valence-electron chi connectivity index (χ3n) is 3.15. The van der Waals surface area contributed by atoms with Gasteiger partial charge in [-0.15, -0.1) is 0 Å². The van der Waals surface area contributed by atoms with Gasteiger partial charge in [0.1, 0.15) is 0 Å². The first kappa shape index (κ1) is 27.2. The third-order valence-corrected chi connectivity index (χ3v) is 7.06. The van der Waals surface area contributed by atoms with Crippen molar-refractivity contribution in [1.29, 1.82) is 0 Å². The molecule has 0 rings (SSSR count). The monoisotopic (exact) mass is 452 g/mol. The molecule has 0 aromatic carbocycles. The zero-order valence-electron chi connectivity index (χ0n) is 20.0. The summed E-state index contributed by atoms with van der Waals surface area (Å²) in [6.07, 6.45) is -0.546. The first-order chi connectivity index (χ1) is 11.7. The molecular formula is C18H44O5Si4. The fourth-order valence-corrected chi connectivity index (χ4v) is 7.03. The summed E-state index contributed by atoms with van der Waals surface area (Å²) in [7, 11) is -7.46. The van der Waals surface area contributed by atoms with Crippen LogP contribution in [0, 0.1) is 0 Å². The molecule has 0 aromatic heterocycles. The number of carbonyl (C=O) groups is 1. The molecule has 0 aliphatic heterocycles. The standard InChI is InChI=1S/C18H44O5Si4/c1-15(20-24(2,3)4)18(23-27(11,12)13)16(21-25(5,6)7)14-17(19)22-26(8,9)10/h15-16,18H,14H2,1-13H3/t15?,16-,18+/m0/s1. The Bertz CT molecular complexity index is 472. The zero-order valence-corrected chi connectivity index (χ0v) is 24.0. The van der Waals surface area contributed by atoms with Gasteiger partial charge in [0.25, 0.3) is 5.97 Å². The molecule has 162 valence electrons. The van der Waals surface area contributed by atoms with Crippen molar-refractivity contribution in [3.05, 3.63) is 0 Å². The zero-order chi connectivity index (χ0) is 21.8.